The Kier molecular flexibility index (Phi) is 4.11. The van der Waals surface area contributed by atoms with Crippen LogP contribution in [-0.2, 0) is 4.74 Å². The number of ether oxygens (including phenoxy) is 1. The molecule has 0 aromatic carbocycles. The Morgan fingerprint density at radius 2 is 1.29 bits per heavy atom. The summed E-state index contributed by atoms with van der Waals surface area (Å²) in [6.45, 7) is 13.5. The normalized spacial score (nSPS) is 27.2. The number of nitrogens with zero attached hydrogens (tertiary/aromatic N) is 2. The lowest BCUT2D eigenvalue weighted by Crippen LogP contribution is -2.54. The second-order valence-corrected chi connectivity index (χ2v) is 6.24. The van der Waals surface area contributed by atoms with Crippen LogP contribution in [0.1, 0.15) is 47.0 Å². The zero-order valence-electron chi connectivity index (χ0n) is 11.9. The van der Waals surface area contributed by atoms with Crippen LogP contribution in [0, 0.1) is 0 Å². The van der Waals surface area contributed by atoms with E-state index in [1.54, 1.807) is 0 Å². The molecule has 3 nitrogen and oxygen atoms in total. The van der Waals surface area contributed by atoms with Crippen molar-refractivity contribution < 1.29 is 4.74 Å². The van der Waals surface area contributed by atoms with Crippen LogP contribution >= 0.6 is 0 Å². The van der Waals surface area contributed by atoms with Crippen molar-refractivity contribution in [3.05, 3.63) is 0 Å². The number of hydrogen-bond donors (Lipinski definition) is 0. The van der Waals surface area contributed by atoms with Gasteiger partial charge in [0.15, 0.2) is 0 Å². The summed E-state index contributed by atoms with van der Waals surface area (Å²) in [4.78, 5) is 5.00. The maximum Gasteiger partial charge on any atom is 0.1000 e. The van der Waals surface area contributed by atoms with Crippen LogP contribution in [0.3, 0.4) is 0 Å². The van der Waals surface area contributed by atoms with Gasteiger partial charge in [0.2, 0.25) is 0 Å². The second-order valence-electron chi connectivity index (χ2n) is 6.24. The highest BCUT2D eigenvalue weighted by molar-refractivity contribution is 4.91. The molecular formula is C14H28N2O. The van der Waals surface area contributed by atoms with E-state index in [1.807, 2.05) is 0 Å². The molecule has 0 bridgehead atoms. The molecule has 0 N–H and O–H groups in total. The molecule has 2 rings (SSSR count). The van der Waals surface area contributed by atoms with Crippen molar-refractivity contribution in [2.45, 2.75) is 64.6 Å². The monoisotopic (exact) mass is 240 g/mol. The molecule has 0 atom stereocenters. The number of rotatable bonds is 2. The van der Waals surface area contributed by atoms with Crippen LogP contribution < -0.4 is 0 Å². The van der Waals surface area contributed by atoms with Crippen LogP contribution in [-0.4, -0.2) is 53.8 Å². The zero-order chi connectivity index (χ0) is 12.5. The van der Waals surface area contributed by atoms with E-state index in [4.69, 9.17) is 4.74 Å². The van der Waals surface area contributed by atoms with E-state index in [1.165, 1.54) is 38.9 Å². The molecule has 0 aliphatic carbocycles. The van der Waals surface area contributed by atoms with Gasteiger partial charge in [0.25, 0.3) is 0 Å². The van der Waals surface area contributed by atoms with Gasteiger partial charge in [-0.25, -0.2) is 0 Å². The van der Waals surface area contributed by atoms with Gasteiger partial charge in [0.05, 0.1) is 12.3 Å². The van der Waals surface area contributed by atoms with Crippen LogP contribution in [0.25, 0.3) is 0 Å². The molecule has 0 saturated carbocycles. The van der Waals surface area contributed by atoms with Crippen molar-refractivity contribution in [2.24, 2.45) is 0 Å². The van der Waals surface area contributed by atoms with Gasteiger partial charge in [0.1, 0.15) is 0 Å². The number of piperidine rings is 1. The average molecular weight is 240 g/mol. The zero-order valence-corrected chi connectivity index (χ0v) is 11.9. The minimum Gasteiger partial charge on any atom is -0.359 e. The topological polar surface area (TPSA) is 15.7 Å². The second kappa shape index (κ2) is 5.25. The van der Waals surface area contributed by atoms with Gasteiger partial charge in [-0.2, -0.15) is 0 Å². The molecule has 2 heterocycles. The molecule has 17 heavy (non-hydrogen) atoms. The fraction of sp³-hybridized carbons (Fsp3) is 1.00. The smallest absolute Gasteiger partial charge is 0.1000 e. The van der Waals surface area contributed by atoms with Crippen LogP contribution in [0.4, 0.5) is 0 Å². The van der Waals surface area contributed by atoms with Crippen LogP contribution in [0.2, 0.25) is 0 Å². The van der Waals surface area contributed by atoms with Gasteiger partial charge in [-0.15, -0.1) is 0 Å². The lowest BCUT2D eigenvalue weighted by atomic mass is 9.86. The Morgan fingerprint density at radius 3 is 1.71 bits per heavy atom. The SMILES string of the molecule is CC(C)N1CCC2(CC1)CCN(C(C)C)CO2. The molecule has 0 radical (unpaired) electrons. The Morgan fingerprint density at radius 1 is 0.824 bits per heavy atom. The van der Waals surface area contributed by atoms with E-state index in [2.05, 4.69) is 37.5 Å². The van der Waals surface area contributed by atoms with Gasteiger partial charge >= 0.3 is 0 Å². The molecule has 0 aromatic rings. The van der Waals surface area contributed by atoms with Crippen LogP contribution in [0.5, 0.6) is 0 Å². The van der Waals surface area contributed by atoms with Crippen molar-refractivity contribution in [3.63, 3.8) is 0 Å². The van der Waals surface area contributed by atoms with Gasteiger partial charge in [-0.05, 0) is 47.0 Å². The van der Waals surface area contributed by atoms with Crippen molar-refractivity contribution in [1.82, 2.24) is 9.80 Å². The summed E-state index contributed by atoms with van der Waals surface area (Å²) in [5, 5.41) is 0. The van der Waals surface area contributed by atoms with E-state index < -0.39 is 0 Å². The van der Waals surface area contributed by atoms with E-state index in [9.17, 15) is 0 Å². The molecule has 100 valence electrons. The van der Waals surface area contributed by atoms with E-state index in [0.717, 1.165) is 6.73 Å². The summed E-state index contributed by atoms with van der Waals surface area (Å²) in [6, 6.07) is 1.30. The summed E-state index contributed by atoms with van der Waals surface area (Å²) < 4.78 is 6.21. The Labute approximate surface area is 106 Å². The van der Waals surface area contributed by atoms with E-state index in [0.29, 0.717) is 12.1 Å². The summed E-state index contributed by atoms with van der Waals surface area (Å²) in [7, 11) is 0. The molecule has 0 unspecified atom stereocenters. The van der Waals surface area contributed by atoms with Crippen LogP contribution in [0.15, 0.2) is 0 Å². The third-order valence-electron chi connectivity index (χ3n) is 4.56. The fourth-order valence-corrected chi connectivity index (χ4v) is 2.95. The Balaban J connectivity index is 1.84. The molecular weight excluding hydrogens is 212 g/mol. The van der Waals surface area contributed by atoms with E-state index in [-0.39, 0.29) is 5.60 Å². The third kappa shape index (κ3) is 3.01. The predicted molar refractivity (Wildman–Crippen MR) is 71.1 cm³/mol. The first-order valence-electron chi connectivity index (χ1n) is 7.14. The minimum absolute atomic E-state index is 0.205. The summed E-state index contributed by atoms with van der Waals surface area (Å²) in [5.41, 5.74) is 0.205. The molecule has 2 fully saturated rings. The first kappa shape index (κ1) is 13.3. The average Bonchev–Trinajstić information content (AvgIpc) is 2.30. The van der Waals surface area contributed by atoms with Gasteiger partial charge in [0, 0.05) is 31.7 Å². The largest absolute Gasteiger partial charge is 0.359 e. The summed E-state index contributed by atoms with van der Waals surface area (Å²) in [5.74, 6) is 0. The maximum atomic E-state index is 6.21. The molecule has 2 aliphatic heterocycles. The molecule has 0 aromatic heterocycles. The first-order chi connectivity index (χ1) is 8.02. The van der Waals surface area contributed by atoms with Gasteiger partial charge < -0.3 is 9.64 Å². The van der Waals surface area contributed by atoms with Gasteiger partial charge in [-0.3, -0.25) is 4.90 Å². The van der Waals surface area contributed by atoms with Crippen molar-refractivity contribution in [1.29, 1.82) is 0 Å². The fourth-order valence-electron chi connectivity index (χ4n) is 2.95. The quantitative estimate of drug-likeness (QED) is 0.737. The van der Waals surface area contributed by atoms with Crippen molar-refractivity contribution in [3.8, 4) is 0 Å². The molecule has 2 aliphatic rings. The molecule has 3 heteroatoms. The predicted octanol–water partition coefficient (Wildman–Crippen LogP) is 2.32. The Hall–Kier alpha value is -0.120. The lowest BCUT2D eigenvalue weighted by Gasteiger charge is -2.48. The maximum absolute atomic E-state index is 6.21. The van der Waals surface area contributed by atoms with Crippen molar-refractivity contribution in [2.75, 3.05) is 26.4 Å². The van der Waals surface area contributed by atoms with E-state index >= 15 is 0 Å². The Bertz CT molecular complexity index is 207. The summed E-state index contributed by atoms with van der Waals surface area (Å²) in [6.07, 6.45) is 3.66. The standard InChI is InChI=1S/C14H28N2O/c1-12(2)15-8-5-14(6-9-15)7-10-16(11-17-14)13(3)4/h12-13H,5-11H2,1-4H3. The molecule has 2 saturated heterocycles. The third-order valence-corrected chi connectivity index (χ3v) is 4.56. The minimum atomic E-state index is 0.205. The molecule has 0 amide bonds. The van der Waals surface area contributed by atoms with Gasteiger partial charge in [-0.1, -0.05) is 0 Å². The van der Waals surface area contributed by atoms with Crippen molar-refractivity contribution >= 4 is 0 Å². The first-order valence-corrected chi connectivity index (χ1v) is 7.14. The lowest BCUT2D eigenvalue weighted by molar-refractivity contribution is -0.167. The molecule has 1 spiro atoms. The highest BCUT2D eigenvalue weighted by Crippen LogP contribution is 2.33. The number of likely N-dealkylation sites (tertiary alicyclic amines) is 1. The number of hydrogen-bond acceptors (Lipinski definition) is 3. The highest BCUT2D eigenvalue weighted by atomic mass is 16.5. The highest BCUT2D eigenvalue weighted by Gasteiger charge is 2.39. The summed E-state index contributed by atoms with van der Waals surface area (Å²) >= 11 is 0.